The van der Waals surface area contributed by atoms with Gasteiger partial charge in [-0.05, 0) is 42.7 Å². The Kier molecular flexibility index (Phi) is 7.02. The molecule has 8 heteroatoms. The lowest BCUT2D eigenvalue weighted by atomic mass is 10.1. The second kappa shape index (κ2) is 9.89. The number of halogens is 1. The largest absolute Gasteiger partial charge is 0.475 e. The first kappa shape index (κ1) is 19.9. The maximum atomic E-state index is 13.0. The molecular formula is C20H25FN4O3. The number of hydrogen-bond donors (Lipinski definition) is 2. The van der Waals surface area contributed by atoms with Crippen LogP contribution in [0, 0.1) is 11.7 Å². The SMILES string of the molecule is COCCOc1ccc(NC(=O)NC[C@H]2CCN(c3ccc(F)cc3)C2)cn1. The van der Waals surface area contributed by atoms with Crippen LogP contribution in [0.5, 0.6) is 5.88 Å². The van der Waals surface area contributed by atoms with E-state index < -0.39 is 0 Å². The van der Waals surface area contributed by atoms with Gasteiger partial charge in [-0.25, -0.2) is 14.2 Å². The lowest BCUT2D eigenvalue weighted by Gasteiger charge is -2.19. The average Bonchev–Trinajstić information content (AvgIpc) is 3.18. The van der Waals surface area contributed by atoms with E-state index in [-0.39, 0.29) is 11.8 Å². The Morgan fingerprint density at radius 3 is 2.79 bits per heavy atom. The predicted octanol–water partition coefficient (Wildman–Crippen LogP) is 2.89. The molecule has 1 aromatic heterocycles. The van der Waals surface area contributed by atoms with Crippen molar-refractivity contribution in [2.24, 2.45) is 5.92 Å². The Morgan fingerprint density at radius 1 is 1.25 bits per heavy atom. The first-order valence-corrected chi connectivity index (χ1v) is 9.27. The third kappa shape index (κ3) is 5.82. The minimum Gasteiger partial charge on any atom is -0.475 e. The zero-order valence-electron chi connectivity index (χ0n) is 15.9. The van der Waals surface area contributed by atoms with Crippen molar-refractivity contribution in [2.45, 2.75) is 6.42 Å². The molecule has 150 valence electrons. The number of hydrogen-bond acceptors (Lipinski definition) is 5. The fourth-order valence-electron chi connectivity index (χ4n) is 3.07. The summed E-state index contributed by atoms with van der Waals surface area (Å²) >= 11 is 0. The lowest BCUT2D eigenvalue weighted by Crippen LogP contribution is -2.34. The molecule has 2 N–H and O–H groups in total. The molecule has 0 aliphatic carbocycles. The Morgan fingerprint density at radius 2 is 2.07 bits per heavy atom. The van der Waals surface area contributed by atoms with Crippen molar-refractivity contribution in [1.29, 1.82) is 0 Å². The summed E-state index contributed by atoms with van der Waals surface area (Å²) in [6.07, 6.45) is 2.53. The zero-order chi connectivity index (χ0) is 19.8. The highest BCUT2D eigenvalue weighted by Crippen LogP contribution is 2.23. The van der Waals surface area contributed by atoms with E-state index in [0.29, 0.717) is 37.2 Å². The van der Waals surface area contributed by atoms with Crippen LogP contribution in [0.4, 0.5) is 20.6 Å². The lowest BCUT2D eigenvalue weighted by molar-refractivity contribution is 0.144. The molecule has 1 saturated heterocycles. The van der Waals surface area contributed by atoms with Crippen LogP contribution in [0.1, 0.15) is 6.42 Å². The maximum absolute atomic E-state index is 13.0. The van der Waals surface area contributed by atoms with Crippen molar-refractivity contribution in [2.75, 3.05) is 50.2 Å². The number of carbonyl (C=O) groups is 1. The zero-order valence-corrected chi connectivity index (χ0v) is 15.9. The monoisotopic (exact) mass is 388 g/mol. The molecule has 1 atom stereocenters. The number of benzene rings is 1. The summed E-state index contributed by atoms with van der Waals surface area (Å²) < 4.78 is 23.3. The van der Waals surface area contributed by atoms with Crippen LogP contribution in [0.3, 0.4) is 0 Å². The Labute approximate surface area is 163 Å². The number of nitrogens with zero attached hydrogens (tertiary/aromatic N) is 2. The van der Waals surface area contributed by atoms with Crippen LogP contribution in [0.25, 0.3) is 0 Å². The molecule has 0 bridgehead atoms. The summed E-state index contributed by atoms with van der Waals surface area (Å²) in [6.45, 7) is 3.22. The summed E-state index contributed by atoms with van der Waals surface area (Å²) in [5.41, 5.74) is 1.60. The topological polar surface area (TPSA) is 75.7 Å². The number of anilines is 2. The fraction of sp³-hybridized carbons (Fsp3) is 0.400. The van der Waals surface area contributed by atoms with Gasteiger partial charge in [-0.15, -0.1) is 0 Å². The highest BCUT2D eigenvalue weighted by Gasteiger charge is 2.23. The van der Waals surface area contributed by atoms with Gasteiger partial charge in [0.1, 0.15) is 12.4 Å². The fourth-order valence-corrected chi connectivity index (χ4v) is 3.07. The smallest absolute Gasteiger partial charge is 0.319 e. The average molecular weight is 388 g/mol. The summed E-state index contributed by atoms with van der Waals surface area (Å²) in [6, 6.07) is 9.67. The number of nitrogens with one attached hydrogen (secondary N) is 2. The molecule has 28 heavy (non-hydrogen) atoms. The van der Waals surface area contributed by atoms with Gasteiger partial charge in [0.25, 0.3) is 0 Å². The van der Waals surface area contributed by atoms with Gasteiger partial charge in [-0.3, -0.25) is 0 Å². The summed E-state index contributed by atoms with van der Waals surface area (Å²) in [4.78, 5) is 18.4. The van der Waals surface area contributed by atoms with Crippen LogP contribution >= 0.6 is 0 Å². The standard InChI is InChI=1S/C20H25FN4O3/c1-27-10-11-28-19-7-4-17(13-22-19)24-20(26)23-12-15-8-9-25(14-15)18-5-2-16(21)3-6-18/h2-7,13,15H,8-12,14H2,1H3,(H2,23,24,26)/t15-/m1/s1. The van der Waals surface area contributed by atoms with E-state index in [1.54, 1.807) is 37.6 Å². The van der Waals surface area contributed by atoms with Gasteiger partial charge in [0, 0.05) is 38.5 Å². The number of amides is 2. The molecule has 0 spiro atoms. The van der Waals surface area contributed by atoms with Crippen LogP contribution in [-0.2, 0) is 4.74 Å². The number of ether oxygens (including phenoxy) is 2. The van der Waals surface area contributed by atoms with Gasteiger partial charge < -0.3 is 25.0 Å². The van der Waals surface area contributed by atoms with Crippen LogP contribution in [-0.4, -0.2) is 51.0 Å². The second-order valence-electron chi connectivity index (χ2n) is 6.64. The van der Waals surface area contributed by atoms with E-state index in [1.165, 1.54) is 12.1 Å². The van der Waals surface area contributed by atoms with E-state index in [9.17, 15) is 9.18 Å². The molecule has 0 radical (unpaired) electrons. The number of methoxy groups -OCH3 is 1. The second-order valence-corrected chi connectivity index (χ2v) is 6.64. The number of rotatable bonds is 8. The quantitative estimate of drug-likeness (QED) is 0.680. The molecule has 2 heterocycles. The van der Waals surface area contributed by atoms with E-state index in [2.05, 4.69) is 20.5 Å². The van der Waals surface area contributed by atoms with Gasteiger partial charge >= 0.3 is 6.03 Å². The normalized spacial score (nSPS) is 16.1. The van der Waals surface area contributed by atoms with Crippen molar-refractivity contribution in [1.82, 2.24) is 10.3 Å². The summed E-state index contributed by atoms with van der Waals surface area (Å²) in [5, 5.41) is 5.66. The van der Waals surface area contributed by atoms with Crippen molar-refractivity contribution >= 4 is 17.4 Å². The van der Waals surface area contributed by atoms with Gasteiger partial charge in [0.2, 0.25) is 5.88 Å². The molecule has 2 amide bonds. The molecule has 1 aliphatic heterocycles. The van der Waals surface area contributed by atoms with E-state index in [4.69, 9.17) is 9.47 Å². The minimum absolute atomic E-state index is 0.234. The van der Waals surface area contributed by atoms with Gasteiger partial charge in [-0.1, -0.05) is 0 Å². The van der Waals surface area contributed by atoms with E-state index in [1.807, 2.05) is 0 Å². The molecule has 2 aromatic rings. The number of aromatic nitrogens is 1. The molecule has 0 saturated carbocycles. The van der Waals surface area contributed by atoms with E-state index >= 15 is 0 Å². The maximum Gasteiger partial charge on any atom is 0.319 e. The number of carbonyl (C=O) groups excluding carboxylic acids is 1. The van der Waals surface area contributed by atoms with Gasteiger partial charge in [-0.2, -0.15) is 0 Å². The number of pyridine rings is 1. The molecule has 3 rings (SSSR count). The van der Waals surface area contributed by atoms with Crippen molar-refractivity contribution in [3.8, 4) is 5.88 Å². The highest BCUT2D eigenvalue weighted by molar-refractivity contribution is 5.89. The van der Waals surface area contributed by atoms with E-state index in [0.717, 1.165) is 25.2 Å². The van der Waals surface area contributed by atoms with Crippen molar-refractivity contribution in [3.05, 3.63) is 48.4 Å². The van der Waals surface area contributed by atoms with Crippen molar-refractivity contribution in [3.63, 3.8) is 0 Å². The third-order valence-corrected chi connectivity index (χ3v) is 4.56. The van der Waals surface area contributed by atoms with Crippen LogP contribution in [0.2, 0.25) is 0 Å². The summed E-state index contributed by atoms with van der Waals surface area (Å²) in [5.74, 6) is 0.599. The highest BCUT2D eigenvalue weighted by atomic mass is 19.1. The first-order chi connectivity index (χ1) is 13.6. The summed E-state index contributed by atoms with van der Waals surface area (Å²) in [7, 11) is 1.61. The molecule has 1 aliphatic rings. The molecule has 1 aromatic carbocycles. The Hall–Kier alpha value is -2.87. The predicted molar refractivity (Wildman–Crippen MR) is 105 cm³/mol. The first-order valence-electron chi connectivity index (χ1n) is 9.27. The third-order valence-electron chi connectivity index (χ3n) is 4.56. The Bertz CT molecular complexity index is 755. The Balaban J connectivity index is 1.39. The van der Waals surface area contributed by atoms with Crippen LogP contribution in [0.15, 0.2) is 42.6 Å². The van der Waals surface area contributed by atoms with Crippen LogP contribution < -0.4 is 20.3 Å². The van der Waals surface area contributed by atoms with Crippen molar-refractivity contribution < 1.29 is 18.7 Å². The molecule has 0 unspecified atom stereocenters. The molecular weight excluding hydrogens is 363 g/mol. The van der Waals surface area contributed by atoms with Gasteiger partial charge in [0.15, 0.2) is 0 Å². The molecule has 1 fully saturated rings. The minimum atomic E-state index is -0.268. The number of urea groups is 1. The van der Waals surface area contributed by atoms with Gasteiger partial charge in [0.05, 0.1) is 18.5 Å². The molecule has 7 nitrogen and oxygen atoms in total.